The number of carbonyl (C=O) groups excluding carboxylic acids is 1. The van der Waals surface area contributed by atoms with Gasteiger partial charge in [-0.05, 0) is 19.3 Å². The summed E-state index contributed by atoms with van der Waals surface area (Å²) in [5.74, 6) is -0.0792. The Kier molecular flexibility index (Phi) is 1.37. The molecule has 0 atom stereocenters. The molecule has 0 aliphatic heterocycles. The van der Waals surface area contributed by atoms with Crippen molar-refractivity contribution >= 4 is 11.7 Å². The van der Waals surface area contributed by atoms with Crippen molar-refractivity contribution in [2.75, 3.05) is 12.8 Å². The Morgan fingerprint density at radius 3 is 2.73 bits per heavy atom. The molecule has 15 heavy (non-hydrogen) atoms. The number of hydrogen-bond acceptors (Lipinski definition) is 4. The molecule has 2 N–H and O–H groups in total. The van der Waals surface area contributed by atoms with Crippen molar-refractivity contribution in [3.63, 3.8) is 0 Å². The maximum absolute atomic E-state index is 11.5. The van der Waals surface area contributed by atoms with E-state index in [9.17, 15) is 4.79 Å². The number of carbonyl (C=O) groups is 1. The first-order valence-electron chi connectivity index (χ1n) is 4.99. The molecular weight excluding hydrogens is 194 g/mol. The van der Waals surface area contributed by atoms with Crippen molar-refractivity contribution in [3.8, 4) is 0 Å². The predicted octanol–water partition coefficient (Wildman–Crippen LogP) is 0.517. The van der Waals surface area contributed by atoms with Gasteiger partial charge in [0.2, 0.25) is 0 Å². The van der Waals surface area contributed by atoms with Crippen LogP contribution >= 0.6 is 0 Å². The first-order chi connectivity index (χ1) is 7.10. The van der Waals surface area contributed by atoms with Crippen LogP contribution in [-0.4, -0.2) is 22.9 Å². The second-order valence-corrected chi connectivity index (χ2v) is 4.74. The molecule has 0 aromatic carbocycles. The molecule has 3 aliphatic rings. The van der Waals surface area contributed by atoms with Crippen LogP contribution < -0.4 is 5.73 Å². The third kappa shape index (κ3) is 0.879. The molecule has 0 saturated heterocycles. The van der Waals surface area contributed by atoms with Crippen LogP contribution in [0, 0.1) is 5.41 Å². The quantitative estimate of drug-likeness (QED) is 0.717. The summed E-state index contributed by atoms with van der Waals surface area (Å²) in [6, 6.07) is 0. The molecule has 0 amide bonds. The maximum Gasteiger partial charge on any atom is 0.312 e. The molecule has 80 valence electrons. The van der Waals surface area contributed by atoms with Gasteiger partial charge in [0.25, 0.3) is 0 Å². The molecule has 5 heteroatoms. The monoisotopic (exact) mass is 207 g/mol. The molecule has 5 nitrogen and oxygen atoms in total. The average Bonchev–Trinajstić information content (AvgIpc) is 2.47. The molecular formula is C10H13N3O2. The number of nitrogens with zero attached hydrogens (tertiary/aromatic N) is 2. The van der Waals surface area contributed by atoms with E-state index in [-0.39, 0.29) is 16.9 Å². The molecule has 1 aromatic heterocycles. The fourth-order valence-corrected chi connectivity index (χ4v) is 3.01. The van der Waals surface area contributed by atoms with E-state index in [1.807, 2.05) is 10.9 Å². The summed E-state index contributed by atoms with van der Waals surface area (Å²) in [4.78, 5) is 11.5. The third-order valence-corrected chi connectivity index (χ3v) is 3.71. The summed E-state index contributed by atoms with van der Waals surface area (Å²) in [5.41, 5.74) is 6.12. The number of esters is 1. The standard InChI is InChI=1S/C10H13N3O2/c1-15-8(14)9-4-10(5-9,6-9)13-3-7(11)2-12-13/h2-3H,4-6,11H2,1H3. The number of aromatic nitrogens is 2. The Hall–Kier alpha value is -1.52. The topological polar surface area (TPSA) is 70.1 Å². The molecule has 3 saturated carbocycles. The van der Waals surface area contributed by atoms with Crippen molar-refractivity contribution < 1.29 is 9.53 Å². The van der Waals surface area contributed by atoms with E-state index in [0.717, 1.165) is 19.3 Å². The largest absolute Gasteiger partial charge is 0.469 e. The molecule has 4 rings (SSSR count). The lowest BCUT2D eigenvalue weighted by Gasteiger charge is -2.67. The zero-order valence-electron chi connectivity index (χ0n) is 8.56. The van der Waals surface area contributed by atoms with Gasteiger partial charge in [-0.25, -0.2) is 0 Å². The van der Waals surface area contributed by atoms with Crippen LogP contribution in [-0.2, 0) is 15.1 Å². The van der Waals surface area contributed by atoms with Crippen molar-refractivity contribution in [2.45, 2.75) is 24.8 Å². The summed E-state index contributed by atoms with van der Waals surface area (Å²) >= 11 is 0. The van der Waals surface area contributed by atoms with Crippen molar-refractivity contribution in [1.82, 2.24) is 9.78 Å². The lowest BCUT2D eigenvalue weighted by Crippen LogP contribution is -2.71. The van der Waals surface area contributed by atoms with E-state index in [0.29, 0.717) is 5.69 Å². The molecule has 0 radical (unpaired) electrons. The molecule has 3 aliphatic carbocycles. The Morgan fingerprint density at radius 2 is 2.27 bits per heavy atom. The predicted molar refractivity (Wildman–Crippen MR) is 52.9 cm³/mol. The molecule has 2 bridgehead atoms. The first-order valence-corrected chi connectivity index (χ1v) is 4.99. The van der Waals surface area contributed by atoms with E-state index in [1.54, 1.807) is 6.20 Å². The lowest BCUT2D eigenvalue weighted by atomic mass is 9.39. The number of ether oxygens (including phenoxy) is 1. The highest BCUT2D eigenvalue weighted by atomic mass is 16.5. The van der Waals surface area contributed by atoms with E-state index in [4.69, 9.17) is 10.5 Å². The van der Waals surface area contributed by atoms with Gasteiger partial charge in [0.15, 0.2) is 0 Å². The fourth-order valence-electron chi connectivity index (χ4n) is 3.01. The van der Waals surface area contributed by atoms with Gasteiger partial charge in [-0.3, -0.25) is 9.48 Å². The maximum atomic E-state index is 11.5. The van der Waals surface area contributed by atoms with Crippen molar-refractivity contribution in [1.29, 1.82) is 0 Å². The van der Waals surface area contributed by atoms with Crippen molar-refractivity contribution in [2.24, 2.45) is 5.41 Å². The number of nitrogen functional groups attached to an aromatic ring is 1. The van der Waals surface area contributed by atoms with Crippen LogP contribution in [0.4, 0.5) is 5.69 Å². The Labute approximate surface area is 87.2 Å². The zero-order chi connectivity index (χ0) is 10.7. The number of anilines is 1. The Morgan fingerprint density at radius 1 is 1.60 bits per heavy atom. The number of methoxy groups -OCH3 is 1. The van der Waals surface area contributed by atoms with E-state index in [2.05, 4.69) is 5.10 Å². The molecule has 1 heterocycles. The van der Waals surface area contributed by atoms with Crippen LogP contribution in [0.3, 0.4) is 0 Å². The van der Waals surface area contributed by atoms with Crippen LogP contribution in [0.1, 0.15) is 19.3 Å². The summed E-state index contributed by atoms with van der Waals surface area (Å²) in [5, 5.41) is 4.20. The van der Waals surface area contributed by atoms with E-state index >= 15 is 0 Å². The lowest BCUT2D eigenvalue weighted by molar-refractivity contribution is -0.219. The summed E-state index contributed by atoms with van der Waals surface area (Å²) in [6.07, 6.45) is 6.00. The van der Waals surface area contributed by atoms with Gasteiger partial charge >= 0.3 is 5.97 Å². The highest BCUT2D eigenvalue weighted by molar-refractivity contribution is 5.81. The van der Waals surface area contributed by atoms with Gasteiger partial charge in [-0.15, -0.1) is 0 Å². The fraction of sp³-hybridized carbons (Fsp3) is 0.600. The zero-order valence-corrected chi connectivity index (χ0v) is 8.56. The van der Waals surface area contributed by atoms with E-state index < -0.39 is 0 Å². The van der Waals surface area contributed by atoms with Gasteiger partial charge < -0.3 is 10.5 Å². The second-order valence-electron chi connectivity index (χ2n) is 4.74. The van der Waals surface area contributed by atoms with Crippen LogP contribution in [0.2, 0.25) is 0 Å². The van der Waals surface area contributed by atoms with Gasteiger partial charge in [-0.1, -0.05) is 0 Å². The summed E-state index contributed by atoms with van der Waals surface area (Å²) in [7, 11) is 1.45. The van der Waals surface area contributed by atoms with Gasteiger partial charge in [0.1, 0.15) is 0 Å². The second kappa shape index (κ2) is 2.35. The normalized spacial score (nSPS) is 36.6. The minimum Gasteiger partial charge on any atom is -0.469 e. The number of hydrogen-bond donors (Lipinski definition) is 1. The first kappa shape index (κ1) is 8.76. The highest BCUT2D eigenvalue weighted by Gasteiger charge is 2.73. The van der Waals surface area contributed by atoms with Gasteiger partial charge in [-0.2, -0.15) is 5.10 Å². The van der Waals surface area contributed by atoms with Gasteiger partial charge in [0.05, 0.1) is 29.9 Å². The third-order valence-electron chi connectivity index (χ3n) is 3.71. The minimum atomic E-state index is -0.213. The number of nitrogens with two attached hydrogens (primary N) is 1. The van der Waals surface area contributed by atoms with Crippen LogP contribution in [0.5, 0.6) is 0 Å². The average molecular weight is 207 g/mol. The number of rotatable bonds is 2. The summed E-state index contributed by atoms with van der Waals surface area (Å²) in [6.45, 7) is 0. The van der Waals surface area contributed by atoms with Crippen molar-refractivity contribution in [3.05, 3.63) is 12.4 Å². The van der Waals surface area contributed by atoms with Crippen LogP contribution in [0.25, 0.3) is 0 Å². The Balaban J connectivity index is 1.78. The highest BCUT2D eigenvalue weighted by Crippen LogP contribution is 2.71. The molecule has 0 spiro atoms. The molecule has 0 unspecified atom stereocenters. The molecule has 3 fully saturated rings. The SMILES string of the molecule is COC(=O)C12CC(n3cc(N)cn3)(C1)C2. The van der Waals surface area contributed by atoms with Gasteiger partial charge in [0, 0.05) is 6.20 Å². The summed E-state index contributed by atoms with van der Waals surface area (Å²) < 4.78 is 6.68. The van der Waals surface area contributed by atoms with Crippen LogP contribution in [0.15, 0.2) is 12.4 Å². The Bertz CT molecular complexity index is 418. The molecule has 1 aromatic rings. The van der Waals surface area contributed by atoms with E-state index in [1.165, 1.54) is 7.11 Å². The smallest absolute Gasteiger partial charge is 0.312 e. The minimum absolute atomic E-state index is 0.0474.